The van der Waals surface area contributed by atoms with Gasteiger partial charge in [-0.05, 0) is 24.1 Å². The Morgan fingerprint density at radius 1 is 1.56 bits per heavy atom. The molecule has 0 bridgehead atoms. The molecule has 0 unspecified atom stereocenters. The number of hydrogen-bond donors (Lipinski definition) is 3. The maximum atomic E-state index is 11.2. The lowest BCUT2D eigenvalue weighted by Gasteiger charge is -2.19. The van der Waals surface area contributed by atoms with Gasteiger partial charge in [0, 0.05) is 12.6 Å². The van der Waals surface area contributed by atoms with Gasteiger partial charge >= 0.3 is 0 Å². The summed E-state index contributed by atoms with van der Waals surface area (Å²) in [5.74, 6) is 0.571. The van der Waals surface area contributed by atoms with Crippen LogP contribution in [0.5, 0.6) is 5.75 Å². The molecule has 0 radical (unpaired) electrons. The molecule has 1 heterocycles. The van der Waals surface area contributed by atoms with Crippen molar-refractivity contribution in [3.05, 3.63) is 23.8 Å². The molecule has 3 N–H and O–H groups in total. The Balaban J connectivity index is 2.02. The summed E-state index contributed by atoms with van der Waals surface area (Å²) in [7, 11) is 0. The fraction of sp³-hybridized carbons (Fsp3) is 0.462. The molecule has 0 saturated heterocycles. The van der Waals surface area contributed by atoms with Gasteiger partial charge in [-0.1, -0.05) is 13.0 Å². The van der Waals surface area contributed by atoms with Crippen LogP contribution in [0.1, 0.15) is 18.9 Å². The first-order valence-electron chi connectivity index (χ1n) is 6.12. The molecule has 0 saturated carbocycles. The van der Waals surface area contributed by atoms with Gasteiger partial charge in [-0.2, -0.15) is 0 Å². The molecule has 0 spiro atoms. The number of benzene rings is 1. The summed E-state index contributed by atoms with van der Waals surface area (Å²) in [5.41, 5.74) is 1.76. The Hall–Kier alpha value is -1.59. The van der Waals surface area contributed by atoms with Crippen molar-refractivity contribution >= 4 is 11.6 Å². The second-order valence-corrected chi connectivity index (χ2v) is 4.34. The minimum atomic E-state index is -0.130. The van der Waals surface area contributed by atoms with Crippen LogP contribution in [0.2, 0.25) is 0 Å². The minimum absolute atomic E-state index is 0.0764. The molecule has 1 aromatic rings. The minimum Gasteiger partial charge on any atom is -0.482 e. The molecule has 1 atom stereocenters. The van der Waals surface area contributed by atoms with E-state index in [9.17, 15) is 4.79 Å². The number of aliphatic hydroxyl groups is 1. The van der Waals surface area contributed by atoms with Gasteiger partial charge in [0.2, 0.25) is 0 Å². The first kappa shape index (κ1) is 12.9. The number of carbonyl (C=O) groups is 1. The van der Waals surface area contributed by atoms with Gasteiger partial charge in [0.05, 0.1) is 12.3 Å². The van der Waals surface area contributed by atoms with E-state index >= 15 is 0 Å². The summed E-state index contributed by atoms with van der Waals surface area (Å²) in [4.78, 5) is 11.2. The van der Waals surface area contributed by atoms with Crippen molar-refractivity contribution in [1.82, 2.24) is 5.32 Å². The smallest absolute Gasteiger partial charge is 0.262 e. The molecule has 0 fully saturated rings. The second-order valence-electron chi connectivity index (χ2n) is 4.34. The van der Waals surface area contributed by atoms with Crippen LogP contribution in [0.4, 0.5) is 5.69 Å². The number of fused-ring (bicyclic) bond motifs is 1. The number of rotatable bonds is 5. The van der Waals surface area contributed by atoms with Crippen LogP contribution in [-0.2, 0) is 11.3 Å². The predicted octanol–water partition coefficient (Wildman–Crippen LogP) is 0.878. The topological polar surface area (TPSA) is 70.6 Å². The number of ether oxygens (including phenoxy) is 1. The molecule has 2 rings (SSSR count). The van der Waals surface area contributed by atoms with Gasteiger partial charge < -0.3 is 20.5 Å². The van der Waals surface area contributed by atoms with Gasteiger partial charge in [-0.3, -0.25) is 4.79 Å². The van der Waals surface area contributed by atoms with E-state index < -0.39 is 0 Å². The molecular formula is C13H18N2O3. The first-order chi connectivity index (χ1) is 8.72. The van der Waals surface area contributed by atoms with Crippen molar-refractivity contribution in [1.29, 1.82) is 0 Å². The van der Waals surface area contributed by atoms with E-state index in [0.717, 1.165) is 12.0 Å². The number of hydrogen-bond acceptors (Lipinski definition) is 4. The van der Waals surface area contributed by atoms with Gasteiger partial charge in [0.15, 0.2) is 6.61 Å². The summed E-state index contributed by atoms with van der Waals surface area (Å²) in [5, 5.41) is 15.1. The molecule has 0 aliphatic carbocycles. The van der Waals surface area contributed by atoms with Crippen LogP contribution in [0.3, 0.4) is 0 Å². The molecule has 1 aromatic carbocycles. The van der Waals surface area contributed by atoms with Crippen molar-refractivity contribution < 1.29 is 14.6 Å². The highest BCUT2D eigenvalue weighted by Gasteiger charge is 2.15. The van der Waals surface area contributed by atoms with E-state index in [0.29, 0.717) is 18.0 Å². The summed E-state index contributed by atoms with van der Waals surface area (Å²) in [6.45, 7) is 2.88. The SMILES string of the molecule is CC[C@H](CO)NCc1ccc2c(c1)NC(=O)CO2. The number of aliphatic hydroxyl groups excluding tert-OH is 1. The van der Waals surface area contributed by atoms with Crippen molar-refractivity contribution in [2.45, 2.75) is 25.9 Å². The van der Waals surface area contributed by atoms with Crippen molar-refractivity contribution in [3.8, 4) is 5.75 Å². The van der Waals surface area contributed by atoms with Crippen LogP contribution < -0.4 is 15.4 Å². The third-order valence-corrected chi connectivity index (χ3v) is 2.98. The summed E-state index contributed by atoms with van der Waals surface area (Å²) in [6, 6.07) is 5.80. The molecule has 5 nitrogen and oxygen atoms in total. The fourth-order valence-electron chi connectivity index (χ4n) is 1.84. The van der Waals surface area contributed by atoms with Crippen LogP contribution >= 0.6 is 0 Å². The number of amides is 1. The lowest BCUT2D eigenvalue weighted by atomic mass is 10.1. The molecule has 1 amide bonds. The van der Waals surface area contributed by atoms with Crippen molar-refractivity contribution in [2.24, 2.45) is 0 Å². The van der Waals surface area contributed by atoms with Crippen LogP contribution in [0.25, 0.3) is 0 Å². The van der Waals surface area contributed by atoms with E-state index in [4.69, 9.17) is 9.84 Å². The predicted molar refractivity (Wildman–Crippen MR) is 68.6 cm³/mol. The van der Waals surface area contributed by atoms with E-state index in [-0.39, 0.29) is 25.2 Å². The van der Waals surface area contributed by atoms with Gasteiger partial charge in [0.25, 0.3) is 5.91 Å². The third kappa shape index (κ3) is 3.00. The highest BCUT2D eigenvalue weighted by molar-refractivity contribution is 5.95. The molecule has 1 aliphatic heterocycles. The lowest BCUT2D eigenvalue weighted by Crippen LogP contribution is -2.31. The Bertz CT molecular complexity index is 430. The number of nitrogens with one attached hydrogen (secondary N) is 2. The zero-order valence-corrected chi connectivity index (χ0v) is 10.4. The maximum Gasteiger partial charge on any atom is 0.262 e. The zero-order valence-electron chi connectivity index (χ0n) is 10.4. The second kappa shape index (κ2) is 5.84. The first-order valence-corrected chi connectivity index (χ1v) is 6.12. The lowest BCUT2D eigenvalue weighted by molar-refractivity contribution is -0.118. The monoisotopic (exact) mass is 250 g/mol. The zero-order chi connectivity index (χ0) is 13.0. The van der Waals surface area contributed by atoms with Gasteiger partial charge in [0.1, 0.15) is 5.75 Å². The van der Waals surface area contributed by atoms with E-state index in [1.807, 2.05) is 25.1 Å². The van der Waals surface area contributed by atoms with Gasteiger partial charge in [-0.15, -0.1) is 0 Å². The van der Waals surface area contributed by atoms with Crippen LogP contribution in [-0.4, -0.2) is 30.3 Å². The van der Waals surface area contributed by atoms with Crippen LogP contribution in [0, 0.1) is 0 Å². The summed E-state index contributed by atoms with van der Waals surface area (Å²) in [6.07, 6.45) is 0.876. The molecule has 0 aromatic heterocycles. The Morgan fingerprint density at radius 2 is 2.39 bits per heavy atom. The largest absolute Gasteiger partial charge is 0.482 e. The average Bonchev–Trinajstić information content (AvgIpc) is 2.39. The highest BCUT2D eigenvalue weighted by Crippen LogP contribution is 2.28. The highest BCUT2D eigenvalue weighted by atomic mass is 16.5. The van der Waals surface area contributed by atoms with Crippen molar-refractivity contribution in [3.63, 3.8) is 0 Å². The Morgan fingerprint density at radius 3 is 3.11 bits per heavy atom. The normalized spacial score (nSPS) is 15.6. The number of carbonyl (C=O) groups excluding carboxylic acids is 1. The van der Waals surface area contributed by atoms with Crippen molar-refractivity contribution in [2.75, 3.05) is 18.5 Å². The molecule has 1 aliphatic rings. The maximum absolute atomic E-state index is 11.2. The molecular weight excluding hydrogens is 232 g/mol. The van der Waals surface area contributed by atoms with E-state index in [1.54, 1.807) is 0 Å². The van der Waals surface area contributed by atoms with Gasteiger partial charge in [-0.25, -0.2) is 0 Å². The third-order valence-electron chi connectivity index (χ3n) is 2.98. The van der Waals surface area contributed by atoms with E-state index in [2.05, 4.69) is 10.6 Å². The summed E-state index contributed by atoms with van der Waals surface area (Å²) < 4.78 is 5.29. The Labute approximate surface area is 106 Å². The molecule has 5 heteroatoms. The fourth-order valence-corrected chi connectivity index (χ4v) is 1.84. The standard InChI is InChI=1S/C13H18N2O3/c1-2-10(7-16)14-6-9-3-4-12-11(5-9)15-13(17)8-18-12/h3-5,10,14,16H,2,6-8H2,1H3,(H,15,17)/t10-/m1/s1. The van der Waals surface area contributed by atoms with E-state index in [1.165, 1.54) is 0 Å². The average molecular weight is 250 g/mol. The van der Waals surface area contributed by atoms with Crippen LogP contribution in [0.15, 0.2) is 18.2 Å². The summed E-state index contributed by atoms with van der Waals surface area (Å²) >= 11 is 0. The Kier molecular flexibility index (Phi) is 4.17. The molecule has 18 heavy (non-hydrogen) atoms. The quantitative estimate of drug-likeness (QED) is 0.725. The molecule has 98 valence electrons. The number of anilines is 1.